The van der Waals surface area contributed by atoms with Crippen molar-refractivity contribution >= 4 is 0 Å². The Balaban J connectivity index is 2.41. The summed E-state index contributed by atoms with van der Waals surface area (Å²) in [5, 5.41) is 0. The first kappa shape index (κ1) is 12.9. The van der Waals surface area contributed by atoms with Gasteiger partial charge in [-0.25, -0.2) is 0 Å². The van der Waals surface area contributed by atoms with Crippen LogP contribution in [0.5, 0.6) is 0 Å². The predicted octanol–water partition coefficient (Wildman–Crippen LogP) is 5.04. The standard InChI is InChI=1S/C18H22/c1-4-14-7-9-17(10-8-14)18-12-15(5-2)11-16(6-3)13-18/h7-13H,4-6H2,1-3H3. The van der Waals surface area contributed by atoms with Crippen LogP contribution in [0.25, 0.3) is 11.1 Å². The minimum atomic E-state index is 1.11. The maximum Gasteiger partial charge on any atom is -0.0179 e. The number of aryl methyl sites for hydroxylation is 3. The molecule has 0 radical (unpaired) electrons. The van der Waals surface area contributed by atoms with Gasteiger partial charge in [0.15, 0.2) is 0 Å². The lowest BCUT2D eigenvalue weighted by atomic mass is 9.97. The Morgan fingerprint density at radius 1 is 0.556 bits per heavy atom. The largest absolute Gasteiger partial charge is 0.0613 e. The molecule has 0 aliphatic heterocycles. The van der Waals surface area contributed by atoms with E-state index < -0.39 is 0 Å². The second kappa shape index (κ2) is 5.86. The van der Waals surface area contributed by atoms with E-state index in [2.05, 4.69) is 63.2 Å². The van der Waals surface area contributed by atoms with Gasteiger partial charge in [-0.05, 0) is 47.1 Å². The van der Waals surface area contributed by atoms with Crippen LogP contribution in [0.2, 0.25) is 0 Å². The monoisotopic (exact) mass is 238 g/mol. The summed E-state index contributed by atoms with van der Waals surface area (Å²) in [6.45, 7) is 6.64. The summed E-state index contributed by atoms with van der Waals surface area (Å²) >= 11 is 0. The minimum Gasteiger partial charge on any atom is -0.0613 e. The Labute approximate surface area is 111 Å². The summed E-state index contributed by atoms with van der Waals surface area (Å²) in [6, 6.07) is 15.9. The average Bonchev–Trinajstić information content (AvgIpc) is 2.46. The van der Waals surface area contributed by atoms with Crippen molar-refractivity contribution in [3.8, 4) is 11.1 Å². The fourth-order valence-electron chi connectivity index (χ4n) is 2.27. The van der Waals surface area contributed by atoms with Crippen molar-refractivity contribution in [2.45, 2.75) is 40.0 Å². The van der Waals surface area contributed by atoms with Gasteiger partial charge in [0.05, 0.1) is 0 Å². The molecule has 0 aliphatic carbocycles. The first-order valence-corrected chi connectivity index (χ1v) is 6.99. The van der Waals surface area contributed by atoms with E-state index in [-0.39, 0.29) is 0 Å². The van der Waals surface area contributed by atoms with Crippen molar-refractivity contribution in [1.29, 1.82) is 0 Å². The fraction of sp³-hybridized carbons (Fsp3) is 0.333. The molecule has 18 heavy (non-hydrogen) atoms. The Bertz CT molecular complexity index is 484. The Hall–Kier alpha value is -1.56. The van der Waals surface area contributed by atoms with E-state index in [1.54, 1.807) is 0 Å². The quantitative estimate of drug-likeness (QED) is 0.700. The molecule has 0 aliphatic rings. The Kier molecular flexibility index (Phi) is 4.19. The molecule has 0 aromatic heterocycles. The molecule has 0 bridgehead atoms. The molecule has 0 saturated carbocycles. The van der Waals surface area contributed by atoms with E-state index in [1.165, 1.54) is 27.8 Å². The van der Waals surface area contributed by atoms with E-state index in [4.69, 9.17) is 0 Å². The highest BCUT2D eigenvalue weighted by atomic mass is 14.1. The third-order valence-corrected chi connectivity index (χ3v) is 3.56. The molecular formula is C18H22. The molecule has 0 atom stereocenters. The van der Waals surface area contributed by atoms with Gasteiger partial charge in [0.25, 0.3) is 0 Å². The third kappa shape index (κ3) is 2.81. The van der Waals surface area contributed by atoms with Crippen LogP contribution in [0.3, 0.4) is 0 Å². The maximum atomic E-state index is 2.32. The maximum absolute atomic E-state index is 2.32. The van der Waals surface area contributed by atoms with Crippen molar-refractivity contribution in [1.82, 2.24) is 0 Å². The summed E-state index contributed by atoms with van der Waals surface area (Å²) in [5.41, 5.74) is 6.96. The van der Waals surface area contributed by atoms with E-state index in [0.29, 0.717) is 0 Å². The molecule has 0 unspecified atom stereocenters. The van der Waals surface area contributed by atoms with Gasteiger partial charge in [-0.3, -0.25) is 0 Å². The fourth-order valence-corrected chi connectivity index (χ4v) is 2.27. The number of hydrogen-bond donors (Lipinski definition) is 0. The summed E-state index contributed by atoms with van der Waals surface area (Å²) in [5.74, 6) is 0. The zero-order valence-electron chi connectivity index (χ0n) is 11.7. The van der Waals surface area contributed by atoms with Crippen LogP contribution in [0.1, 0.15) is 37.5 Å². The Morgan fingerprint density at radius 3 is 1.50 bits per heavy atom. The predicted molar refractivity (Wildman–Crippen MR) is 80.0 cm³/mol. The molecular weight excluding hydrogens is 216 g/mol. The van der Waals surface area contributed by atoms with Crippen molar-refractivity contribution < 1.29 is 0 Å². The summed E-state index contributed by atoms with van der Waals surface area (Å²) in [6.07, 6.45) is 3.32. The Morgan fingerprint density at radius 2 is 1.06 bits per heavy atom. The van der Waals surface area contributed by atoms with Crippen LogP contribution < -0.4 is 0 Å². The molecule has 2 aromatic rings. The van der Waals surface area contributed by atoms with Gasteiger partial charge in [-0.1, -0.05) is 63.2 Å². The first-order valence-electron chi connectivity index (χ1n) is 6.99. The number of rotatable bonds is 4. The third-order valence-electron chi connectivity index (χ3n) is 3.56. The number of benzene rings is 2. The van der Waals surface area contributed by atoms with Crippen LogP contribution >= 0.6 is 0 Å². The molecule has 94 valence electrons. The van der Waals surface area contributed by atoms with Crippen molar-refractivity contribution in [2.75, 3.05) is 0 Å². The van der Waals surface area contributed by atoms with Crippen LogP contribution in [-0.4, -0.2) is 0 Å². The normalized spacial score (nSPS) is 10.6. The van der Waals surface area contributed by atoms with Gasteiger partial charge in [0.2, 0.25) is 0 Å². The first-order chi connectivity index (χ1) is 8.76. The van der Waals surface area contributed by atoms with Gasteiger partial charge < -0.3 is 0 Å². The van der Waals surface area contributed by atoms with Crippen molar-refractivity contribution in [3.63, 3.8) is 0 Å². The van der Waals surface area contributed by atoms with E-state index in [0.717, 1.165) is 19.3 Å². The highest BCUT2D eigenvalue weighted by molar-refractivity contribution is 5.65. The van der Waals surface area contributed by atoms with Crippen LogP contribution in [0.4, 0.5) is 0 Å². The van der Waals surface area contributed by atoms with Gasteiger partial charge in [0, 0.05) is 0 Å². The van der Waals surface area contributed by atoms with Crippen LogP contribution in [0, 0.1) is 0 Å². The molecule has 0 N–H and O–H groups in total. The summed E-state index contributed by atoms with van der Waals surface area (Å²) < 4.78 is 0. The molecule has 2 rings (SSSR count). The van der Waals surface area contributed by atoms with Gasteiger partial charge >= 0.3 is 0 Å². The smallest absolute Gasteiger partial charge is 0.0179 e. The SMILES string of the molecule is CCc1ccc(-c2cc(CC)cc(CC)c2)cc1. The lowest BCUT2D eigenvalue weighted by Gasteiger charge is -2.08. The molecule has 0 heteroatoms. The molecule has 2 aromatic carbocycles. The van der Waals surface area contributed by atoms with Crippen molar-refractivity contribution in [2.24, 2.45) is 0 Å². The van der Waals surface area contributed by atoms with Crippen LogP contribution in [-0.2, 0) is 19.3 Å². The summed E-state index contributed by atoms with van der Waals surface area (Å²) in [4.78, 5) is 0. The van der Waals surface area contributed by atoms with E-state index in [9.17, 15) is 0 Å². The molecule has 0 spiro atoms. The second-order valence-corrected chi connectivity index (χ2v) is 4.80. The highest BCUT2D eigenvalue weighted by Gasteiger charge is 2.02. The summed E-state index contributed by atoms with van der Waals surface area (Å²) in [7, 11) is 0. The van der Waals surface area contributed by atoms with Gasteiger partial charge in [0.1, 0.15) is 0 Å². The van der Waals surface area contributed by atoms with Crippen molar-refractivity contribution in [3.05, 3.63) is 59.2 Å². The molecule has 0 fully saturated rings. The van der Waals surface area contributed by atoms with E-state index >= 15 is 0 Å². The molecule has 0 heterocycles. The minimum absolute atomic E-state index is 1.11. The zero-order chi connectivity index (χ0) is 13.0. The average molecular weight is 238 g/mol. The topological polar surface area (TPSA) is 0 Å². The lowest BCUT2D eigenvalue weighted by Crippen LogP contribution is -1.89. The molecule has 0 amide bonds. The second-order valence-electron chi connectivity index (χ2n) is 4.80. The molecule has 0 saturated heterocycles. The highest BCUT2D eigenvalue weighted by Crippen LogP contribution is 2.23. The lowest BCUT2D eigenvalue weighted by molar-refractivity contribution is 1.09. The number of hydrogen-bond acceptors (Lipinski definition) is 0. The van der Waals surface area contributed by atoms with Gasteiger partial charge in [-0.2, -0.15) is 0 Å². The van der Waals surface area contributed by atoms with Crippen LogP contribution in [0.15, 0.2) is 42.5 Å². The van der Waals surface area contributed by atoms with E-state index in [1.807, 2.05) is 0 Å². The van der Waals surface area contributed by atoms with Gasteiger partial charge in [-0.15, -0.1) is 0 Å². The zero-order valence-corrected chi connectivity index (χ0v) is 11.7. The molecule has 0 nitrogen and oxygen atoms in total.